The molecule has 0 bridgehead atoms. The number of hydrogen-bond acceptors (Lipinski definition) is 1. The first-order chi connectivity index (χ1) is 17.8. The summed E-state index contributed by atoms with van der Waals surface area (Å²) in [6, 6.07) is 22.1. The zero-order chi connectivity index (χ0) is 25.7. The lowest BCUT2D eigenvalue weighted by atomic mass is 9.66. The van der Waals surface area contributed by atoms with Gasteiger partial charge in [0.05, 0.1) is 0 Å². The fraction of sp³-hybridized carbons (Fsp3) is 0.657. The topological polar surface area (TPSA) is 26.0 Å². The summed E-state index contributed by atoms with van der Waals surface area (Å²) in [4.78, 5) is 0. The molecule has 2 heteroatoms. The van der Waals surface area contributed by atoms with Gasteiger partial charge < -0.3 is 5.73 Å². The first-order valence-corrected chi connectivity index (χ1v) is 15.6. The quantitative estimate of drug-likeness (QED) is 0.151. The Labute approximate surface area is 236 Å². The monoisotopic (exact) mass is 527 g/mol. The maximum atomic E-state index is 6.99. The fourth-order valence-electron chi connectivity index (χ4n) is 6.07. The molecule has 0 heterocycles. The lowest BCUT2D eigenvalue weighted by molar-refractivity contribution is 0.363. The van der Waals surface area contributed by atoms with Gasteiger partial charge in [-0.1, -0.05) is 184 Å². The third kappa shape index (κ3) is 12.4. The van der Waals surface area contributed by atoms with Crippen molar-refractivity contribution in [2.75, 3.05) is 0 Å². The Kier molecular flexibility index (Phi) is 19.7. The van der Waals surface area contributed by atoms with Gasteiger partial charge in [0, 0.05) is 11.5 Å². The van der Waals surface area contributed by atoms with Crippen LogP contribution in [-0.4, -0.2) is 6.04 Å². The van der Waals surface area contributed by atoms with Crippen LogP contribution in [0, 0.1) is 0 Å². The van der Waals surface area contributed by atoms with E-state index in [-0.39, 0.29) is 23.9 Å². The number of rotatable bonds is 22. The molecule has 0 aromatic heterocycles. The molecule has 1 nitrogen and oxygen atoms in total. The van der Waals surface area contributed by atoms with E-state index in [9.17, 15) is 0 Å². The molecular formula is C35H58ClN. The molecule has 2 N–H and O–H groups in total. The molecule has 0 aliphatic heterocycles. The standard InChI is InChI=1S/C35H57N.ClH/c1-3-5-6-7-8-9-10-11-12-13-14-15-16-17-18-19-26-31-34(36)35(4-2,32-27-22-20-23-28-32)33-29-24-21-25-30-33;/h20-25,27-30,34H,3-19,26,31,36H2,1-2H3;1H. The van der Waals surface area contributed by atoms with Gasteiger partial charge in [-0.25, -0.2) is 0 Å². The molecule has 1 atom stereocenters. The zero-order valence-corrected chi connectivity index (χ0v) is 25.1. The largest absolute Gasteiger partial charge is 0.327 e. The Morgan fingerprint density at radius 3 is 1.16 bits per heavy atom. The van der Waals surface area contributed by atoms with Crippen molar-refractivity contribution in [1.29, 1.82) is 0 Å². The fourth-order valence-corrected chi connectivity index (χ4v) is 6.07. The van der Waals surface area contributed by atoms with E-state index in [0.717, 1.165) is 12.8 Å². The number of unbranched alkanes of at least 4 members (excludes halogenated alkanes) is 16. The third-order valence-electron chi connectivity index (χ3n) is 8.39. The molecule has 0 aliphatic carbocycles. The van der Waals surface area contributed by atoms with E-state index in [2.05, 4.69) is 74.5 Å². The maximum absolute atomic E-state index is 6.99. The molecule has 37 heavy (non-hydrogen) atoms. The van der Waals surface area contributed by atoms with Gasteiger partial charge >= 0.3 is 0 Å². The van der Waals surface area contributed by atoms with Crippen LogP contribution in [0.5, 0.6) is 0 Å². The van der Waals surface area contributed by atoms with Crippen LogP contribution in [0.2, 0.25) is 0 Å². The van der Waals surface area contributed by atoms with Crippen molar-refractivity contribution in [3.8, 4) is 0 Å². The van der Waals surface area contributed by atoms with Crippen LogP contribution in [0.4, 0.5) is 0 Å². The van der Waals surface area contributed by atoms with Crippen LogP contribution >= 0.6 is 12.4 Å². The normalized spacial score (nSPS) is 12.3. The predicted molar refractivity (Wildman–Crippen MR) is 168 cm³/mol. The molecule has 0 saturated heterocycles. The van der Waals surface area contributed by atoms with Gasteiger partial charge in [-0.3, -0.25) is 0 Å². The first-order valence-electron chi connectivity index (χ1n) is 15.6. The molecule has 0 fully saturated rings. The Hall–Kier alpha value is -1.31. The second-order valence-corrected chi connectivity index (χ2v) is 11.1. The number of hydrogen-bond donors (Lipinski definition) is 1. The summed E-state index contributed by atoms with van der Waals surface area (Å²) in [6.07, 6.45) is 26.1. The summed E-state index contributed by atoms with van der Waals surface area (Å²) in [7, 11) is 0. The highest BCUT2D eigenvalue weighted by atomic mass is 35.5. The van der Waals surface area contributed by atoms with Crippen molar-refractivity contribution in [3.05, 3.63) is 71.8 Å². The number of nitrogens with two attached hydrogens (primary N) is 1. The lowest BCUT2D eigenvalue weighted by Gasteiger charge is -2.40. The SMILES string of the molecule is CCCCCCCCCCCCCCCCCCCC(N)C(CC)(c1ccccc1)c1ccccc1.Cl. The van der Waals surface area contributed by atoms with Crippen molar-refractivity contribution < 1.29 is 0 Å². The minimum absolute atomic E-state index is 0. The summed E-state index contributed by atoms with van der Waals surface area (Å²) < 4.78 is 0. The van der Waals surface area contributed by atoms with E-state index >= 15 is 0 Å². The van der Waals surface area contributed by atoms with Crippen molar-refractivity contribution in [2.24, 2.45) is 5.73 Å². The van der Waals surface area contributed by atoms with Crippen LogP contribution in [0.15, 0.2) is 60.7 Å². The van der Waals surface area contributed by atoms with Crippen molar-refractivity contribution >= 4 is 12.4 Å². The average Bonchev–Trinajstić information content (AvgIpc) is 2.92. The molecule has 0 amide bonds. The average molecular weight is 528 g/mol. The van der Waals surface area contributed by atoms with Crippen LogP contribution in [0.1, 0.15) is 147 Å². The van der Waals surface area contributed by atoms with E-state index in [1.165, 1.54) is 120 Å². The van der Waals surface area contributed by atoms with Crippen LogP contribution in [-0.2, 0) is 5.41 Å². The summed E-state index contributed by atoms with van der Waals surface area (Å²) >= 11 is 0. The van der Waals surface area contributed by atoms with Gasteiger partial charge in [0.25, 0.3) is 0 Å². The van der Waals surface area contributed by atoms with Crippen LogP contribution in [0.3, 0.4) is 0 Å². The molecule has 0 spiro atoms. The predicted octanol–water partition coefficient (Wildman–Crippen LogP) is 11.2. The van der Waals surface area contributed by atoms with E-state index in [0.29, 0.717) is 0 Å². The smallest absolute Gasteiger partial charge is 0.0351 e. The Morgan fingerprint density at radius 2 is 0.838 bits per heavy atom. The van der Waals surface area contributed by atoms with Gasteiger partial charge in [0.15, 0.2) is 0 Å². The number of halogens is 1. The summed E-state index contributed by atoms with van der Waals surface area (Å²) in [5.74, 6) is 0. The van der Waals surface area contributed by atoms with Gasteiger partial charge in [-0.15, -0.1) is 12.4 Å². The lowest BCUT2D eigenvalue weighted by Crippen LogP contribution is -2.46. The minimum atomic E-state index is -0.0996. The van der Waals surface area contributed by atoms with Crippen molar-refractivity contribution in [2.45, 2.75) is 147 Å². The highest BCUT2D eigenvalue weighted by Gasteiger charge is 2.38. The maximum Gasteiger partial charge on any atom is 0.0351 e. The van der Waals surface area contributed by atoms with Gasteiger partial charge in [0.1, 0.15) is 0 Å². The van der Waals surface area contributed by atoms with Crippen LogP contribution < -0.4 is 5.73 Å². The number of benzene rings is 2. The minimum Gasteiger partial charge on any atom is -0.327 e. The van der Waals surface area contributed by atoms with Gasteiger partial charge in [-0.2, -0.15) is 0 Å². The summed E-state index contributed by atoms with van der Waals surface area (Å²) in [5.41, 5.74) is 9.61. The van der Waals surface area contributed by atoms with Crippen molar-refractivity contribution in [1.82, 2.24) is 0 Å². The van der Waals surface area contributed by atoms with Crippen molar-refractivity contribution in [3.63, 3.8) is 0 Å². The molecule has 2 aromatic carbocycles. The molecular weight excluding hydrogens is 470 g/mol. The Balaban J connectivity index is 0.00000684. The Morgan fingerprint density at radius 1 is 0.514 bits per heavy atom. The second kappa shape index (κ2) is 21.6. The summed E-state index contributed by atoms with van der Waals surface area (Å²) in [5, 5.41) is 0. The van der Waals surface area contributed by atoms with E-state index < -0.39 is 0 Å². The van der Waals surface area contributed by atoms with E-state index in [1.807, 2.05) is 0 Å². The highest BCUT2D eigenvalue weighted by molar-refractivity contribution is 5.85. The van der Waals surface area contributed by atoms with E-state index in [4.69, 9.17) is 5.73 Å². The third-order valence-corrected chi connectivity index (χ3v) is 8.39. The second-order valence-electron chi connectivity index (χ2n) is 11.1. The molecule has 1 unspecified atom stereocenters. The van der Waals surface area contributed by atoms with Crippen LogP contribution in [0.25, 0.3) is 0 Å². The molecule has 210 valence electrons. The Bertz CT molecular complexity index is 705. The van der Waals surface area contributed by atoms with Gasteiger partial charge in [-0.05, 0) is 24.0 Å². The molecule has 0 radical (unpaired) electrons. The summed E-state index contributed by atoms with van der Waals surface area (Å²) in [6.45, 7) is 4.60. The molecule has 0 saturated carbocycles. The zero-order valence-electron chi connectivity index (χ0n) is 24.3. The first kappa shape index (κ1) is 33.7. The highest BCUT2D eigenvalue weighted by Crippen LogP contribution is 2.39. The molecule has 2 aromatic rings. The molecule has 2 rings (SSSR count). The van der Waals surface area contributed by atoms with E-state index in [1.54, 1.807) is 0 Å². The molecule has 0 aliphatic rings. The van der Waals surface area contributed by atoms with Gasteiger partial charge in [0.2, 0.25) is 0 Å².